The number of nitrogens with two attached hydrogens (primary N) is 1. The van der Waals surface area contributed by atoms with Crippen molar-refractivity contribution >= 4 is 23.5 Å². The van der Waals surface area contributed by atoms with Gasteiger partial charge in [-0.2, -0.15) is 0 Å². The number of ether oxygens (including phenoxy) is 1. The van der Waals surface area contributed by atoms with E-state index in [0.29, 0.717) is 0 Å². The molecule has 1 fully saturated rings. The summed E-state index contributed by atoms with van der Waals surface area (Å²) in [6.45, 7) is -1.25. The Balaban J connectivity index is 3.03. The van der Waals surface area contributed by atoms with Gasteiger partial charge in [-0.05, 0) is 6.08 Å². The lowest BCUT2D eigenvalue weighted by molar-refractivity contribution is -0.210. The van der Waals surface area contributed by atoms with E-state index in [0.717, 1.165) is 10.4 Å². The first kappa shape index (κ1) is 17.5. The van der Waals surface area contributed by atoms with Crippen molar-refractivity contribution in [3.8, 4) is 12.3 Å². The number of aliphatic hydroxyl groups is 2. The molecule has 1 rings (SSSR count). The summed E-state index contributed by atoms with van der Waals surface area (Å²) in [6.07, 6.45) is 3.52. The molecule has 1 aliphatic heterocycles. The molecule has 1 aliphatic rings. The first-order chi connectivity index (χ1) is 9.75. The predicted molar refractivity (Wildman–Crippen MR) is 76.7 cm³/mol. The van der Waals surface area contributed by atoms with E-state index in [9.17, 15) is 13.9 Å². The summed E-state index contributed by atoms with van der Waals surface area (Å²) in [5.74, 6) is -1.30. The Labute approximate surface area is 125 Å². The third-order valence-electron chi connectivity index (χ3n) is 2.96. The van der Waals surface area contributed by atoms with Gasteiger partial charge in [0.25, 0.3) is 5.85 Å². The summed E-state index contributed by atoms with van der Waals surface area (Å²) in [4.78, 5) is 4.63. The Morgan fingerprint density at radius 1 is 1.67 bits per heavy atom. The number of hydrogen-bond donors (Lipinski definition) is 3. The van der Waals surface area contributed by atoms with E-state index in [4.69, 9.17) is 22.0 Å². The molecule has 1 heterocycles. The van der Waals surface area contributed by atoms with E-state index < -0.39 is 30.5 Å². The number of nitrogens with zero attached hydrogens (tertiary/aromatic N) is 2. The number of thiocarbonyl (C=S) groups is 1. The lowest BCUT2D eigenvalue weighted by Crippen LogP contribution is -2.50. The largest absolute Gasteiger partial charge is 0.390 e. The molecule has 6 nitrogen and oxygen atoms in total. The Morgan fingerprint density at radius 2 is 2.29 bits per heavy atom. The zero-order chi connectivity index (χ0) is 16.3. The summed E-state index contributed by atoms with van der Waals surface area (Å²) in [6, 6.07) is 0. The van der Waals surface area contributed by atoms with Crippen molar-refractivity contribution in [3.05, 3.63) is 12.3 Å². The second-order valence-electron chi connectivity index (χ2n) is 4.37. The standard InChI is InChI=1S/C12H15F2N3O3S/c1-3-11(13)9(19)12(14,6-18)20-10(11)17(2)5-4-8(15)16-7-21/h1,4-5,7,9-10,18-19H,6H2,2H3,(H2,15,16,21)/b5-4-. The molecule has 4 atom stereocenters. The quantitative estimate of drug-likeness (QED) is 0.273. The fourth-order valence-corrected chi connectivity index (χ4v) is 1.94. The molecule has 0 aromatic carbocycles. The molecule has 4 unspecified atom stereocenters. The lowest BCUT2D eigenvalue weighted by atomic mass is 9.95. The van der Waals surface area contributed by atoms with E-state index in [1.54, 1.807) is 5.92 Å². The second kappa shape index (κ2) is 6.44. The Kier molecular flexibility index (Phi) is 5.36. The van der Waals surface area contributed by atoms with Crippen LogP contribution in [0.2, 0.25) is 0 Å². The molecule has 21 heavy (non-hydrogen) atoms. The van der Waals surface area contributed by atoms with Crippen LogP contribution in [0.15, 0.2) is 17.3 Å². The van der Waals surface area contributed by atoms with Gasteiger partial charge < -0.3 is 25.6 Å². The minimum atomic E-state index is -3.00. The first-order valence-electron chi connectivity index (χ1n) is 5.74. The Morgan fingerprint density at radius 3 is 2.76 bits per heavy atom. The van der Waals surface area contributed by atoms with Crippen molar-refractivity contribution in [1.29, 1.82) is 0 Å². The van der Waals surface area contributed by atoms with Crippen LogP contribution in [0.25, 0.3) is 0 Å². The number of amidine groups is 1. The van der Waals surface area contributed by atoms with Gasteiger partial charge in [-0.3, -0.25) is 0 Å². The van der Waals surface area contributed by atoms with Gasteiger partial charge in [-0.1, -0.05) is 18.1 Å². The van der Waals surface area contributed by atoms with Gasteiger partial charge in [0.2, 0.25) is 5.67 Å². The summed E-state index contributed by atoms with van der Waals surface area (Å²) in [5, 5.41) is 18.6. The average molecular weight is 319 g/mol. The monoisotopic (exact) mass is 319 g/mol. The SMILES string of the molecule is C#CC1(F)C(N(C)/C=C\C(N)=NC=S)OC(F)(CO)C1O. The molecular formula is C12H15F2N3O3S. The molecule has 0 radical (unpaired) electrons. The zero-order valence-electron chi connectivity index (χ0n) is 11.1. The fraction of sp³-hybridized carbons (Fsp3) is 0.500. The number of aliphatic imine (C=N–C) groups is 1. The topological polar surface area (TPSA) is 91.3 Å². The molecule has 0 aromatic heterocycles. The Hall–Kier alpha value is -1.60. The van der Waals surface area contributed by atoms with E-state index >= 15 is 0 Å². The number of halogens is 2. The van der Waals surface area contributed by atoms with Crippen LogP contribution in [-0.4, -0.2) is 64.0 Å². The highest BCUT2D eigenvalue weighted by Gasteiger charge is 2.66. The predicted octanol–water partition coefficient (Wildman–Crippen LogP) is -0.537. The van der Waals surface area contributed by atoms with Gasteiger partial charge in [-0.15, -0.1) is 6.42 Å². The molecule has 0 spiro atoms. The fourth-order valence-electron chi connectivity index (χ4n) is 1.81. The number of hydrogen-bond acceptors (Lipinski definition) is 5. The third kappa shape index (κ3) is 3.19. The zero-order valence-corrected chi connectivity index (χ0v) is 11.9. The maximum atomic E-state index is 14.6. The second-order valence-corrected chi connectivity index (χ2v) is 4.58. The minimum absolute atomic E-state index is 0.0224. The van der Waals surface area contributed by atoms with Gasteiger partial charge >= 0.3 is 0 Å². The summed E-state index contributed by atoms with van der Waals surface area (Å²) >= 11 is 4.47. The van der Waals surface area contributed by atoms with Crippen LogP contribution in [0.5, 0.6) is 0 Å². The van der Waals surface area contributed by atoms with Crippen molar-refractivity contribution in [2.75, 3.05) is 13.7 Å². The summed E-state index contributed by atoms with van der Waals surface area (Å²) in [7, 11) is 1.33. The normalized spacial score (nSPS) is 36.7. The number of rotatable bonds is 5. The molecule has 1 saturated heterocycles. The smallest absolute Gasteiger partial charge is 0.264 e. The van der Waals surface area contributed by atoms with Crippen LogP contribution in [0.4, 0.5) is 8.78 Å². The molecule has 0 saturated carbocycles. The van der Waals surface area contributed by atoms with Crippen molar-refractivity contribution < 1.29 is 23.7 Å². The van der Waals surface area contributed by atoms with Crippen molar-refractivity contribution in [1.82, 2.24) is 4.90 Å². The summed E-state index contributed by atoms with van der Waals surface area (Å²) in [5.41, 5.74) is 3.62. The summed E-state index contributed by atoms with van der Waals surface area (Å²) < 4.78 is 33.4. The molecule has 116 valence electrons. The van der Waals surface area contributed by atoms with Crippen molar-refractivity contribution in [3.63, 3.8) is 0 Å². The molecule has 0 amide bonds. The molecule has 0 bridgehead atoms. The maximum Gasteiger partial charge on any atom is 0.264 e. The van der Waals surface area contributed by atoms with Crippen LogP contribution < -0.4 is 5.73 Å². The highest BCUT2D eigenvalue weighted by molar-refractivity contribution is 7.78. The molecule has 9 heteroatoms. The highest BCUT2D eigenvalue weighted by Crippen LogP contribution is 2.42. The maximum absolute atomic E-state index is 14.6. The highest BCUT2D eigenvalue weighted by atomic mass is 32.1. The first-order valence-corrected chi connectivity index (χ1v) is 6.21. The van der Waals surface area contributed by atoms with E-state index in [-0.39, 0.29) is 5.84 Å². The van der Waals surface area contributed by atoms with Crippen LogP contribution in [-0.2, 0) is 4.74 Å². The van der Waals surface area contributed by atoms with Crippen LogP contribution in [0.3, 0.4) is 0 Å². The van der Waals surface area contributed by atoms with Crippen molar-refractivity contribution in [2.45, 2.75) is 23.9 Å². The average Bonchev–Trinajstić information content (AvgIpc) is 2.68. The van der Waals surface area contributed by atoms with Gasteiger partial charge in [0.1, 0.15) is 12.4 Å². The van der Waals surface area contributed by atoms with E-state index in [1.165, 1.54) is 19.3 Å². The number of alkyl halides is 2. The molecule has 0 aliphatic carbocycles. The number of terminal acetylenes is 1. The molecule has 4 N–H and O–H groups in total. The third-order valence-corrected chi connectivity index (χ3v) is 3.07. The van der Waals surface area contributed by atoms with Gasteiger partial charge in [0.15, 0.2) is 12.3 Å². The Bertz CT molecular complexity index is 510. The van der Waals surface area contributed by atoms with Crippen LogP contribution in [0.1, 0.15) is 0 Å². The van der Waals surface area contributed by atoms with Crippen LogP contribution >= 0.6 is 12.2 Å². The number of aliphatic hydroxyl groups excluding tert-OH is 2. The van der Waals surface area contributed by atoms with Crippen molar-refractivity contribution in [2.24, 2.45) is 10.7 Å². The van der Waals surface area contributed by atoms with E-state index in [1.807, 2.05) is 0 Å². The van der Waals surface area contributed by atoms with E-state index in [2.05, 4.69) is 17.2 Å². The van der Waals surface area contributed by atoms with Crippen LogP contribution in [0, 0.1) is 12.3 Å². The lowest BCUT2D eigenvalue weighted by Gasteiger charge is -2.28. The molecular weight excluding hydrogens is 304 g/mol. The van der Waals surface area contributed by atoms with Gasteiger partial charge in [-0.25, -0.2) is 13.8 Å². The van der Waals surface area contributed by atoms with Gasteiger partial charge in [0.05, 0.1) is 5.49 Å². The van der Waals surface area contributed by atoms with Gasteiger partial charge in [0, 0.05) is 13.2 Å². The molecule has 0 aromatic rings. The minimum Gasteiger partial charge on any atom is -0.390 e.